The third-order valence-corrected chi connectivity index (χ3v) is 4.45. The lowest BCUT2D eigenvalue weighted by Gasteiger charge is -2.39. The standard InChI is InChI=1S/C17H20N2O/c18-12-17(8-3-9-17)16(20)19-11-13-6-7-14-4-1-2-5-15(14)10-13/h1-2,4-7,10H,3,8-9,11-12,18H2,(H,19,20). The predicted octanol–water partition coefficient (Wildman–Crippen LogP) is 2.58. The topological polar surface area (TPSA) is 55.1 Å². The van der Waals surface area contributed by atoms with Gasteiger partial charge in [0.05, 0.1) is 5.41 Å². The van der Waals surface area contributed by atoms with Gasteiger partial charge in [-0.2, -0.15) is 0 Å². The molecule has 0 radical (unpaired) electrons. The van der Waals surface area contributed by atoms with Gasteiger partial charge >= 0.3 is 0 Å². The lowest BCUT2D eigenvalue weighted by molar-refractivity contribution is -0.135. The Balaban J connectivity index is 1.69. The second-order valence-corrected chi connectivity index (χ2v) is 5.70. The number of nitrogens with two attached hydrogens (primary N) is 1. The summed E-state index contributed by atoms with van der Waals surface area (Å²) < 4.78 is 0. The maximum atomic E-state index is 12.2. The van der Waals surface area contributed by atoms with E-state index in [0.717, 1.165) is 24.8 Å². The number of hydrogen-bond acceptors (Lipinski definition) is 2. The molecular weight excluding hydrogens is 248 g/mol. The molecule has 0 saturated heterocycles. The first-order valence-corrected chi connectivity index (χ1v) is 7.20. The van der Waals surface area contributed by atoms with Crippen molar-refractivity contribution < 1.29 is 4.79 Å². The fraction of sp³-hybridized carbons (Fsp3) is 0.353. The van der Waals surface area contributed by atoms with Gasteiger partial charge in [0.25, 0.3) is 0 Å². The number of nitrogens with one attached hydrogen (secondary N) is 1. The van der Waals surface area contributed by atoms with Gasteiger partial charge < -0.3 is 11.1 Å². The number of hydrogen-bond donors (Lipinski definition) is 2. The number of rotatable bonds is 4. The summed E-state index contributed by atoms with van der Waals surface area (Å²) in [6.07, 6.45) is 2.96. The molecule has 0 aromatic heterocycles. The molecule has 3 rings (SSSR count). The first-order chi connectivity index (χ1) is 9.73. The Morgan fingerprint density at radius 2 is 1.90 bits per heavy atom. The molecule has 0 atom stereocenters. The summed E-state index contributed by atoms with van der Waals surface area (Å²) in [5.74, 6) is 0.111. The highest BCUT2D eigenvalue weighted by molar-refractivity contribution is 5.85. The van der Waals surface area contributed by atoms with E-state index in [4.69, 9.17) is 5.73 Å². The molecule has 3 nitrogen and oxygen atoms in total. The first kappa shape index (κ1) is 13.1. The van der Waals surface area contributed by atoms with Gasteiger partial charge in [0.2, 0.25) is 5.91 Å². The molecule has 3 heteroatoms. The average Bonchev–Trinajstić information content (AvgIpc) is 2.44. The van der Waals surface area contributed by atoms with Crippen LogP contribution in [0.4, 0.5) is 0 Å². The Hall–Kier alpha value is -1.87. The molecule has 3 N–H and O–H groups in total. The average molecular weight is 268 g/mol. The van der Waals surface area contributed by atoms with E-state index in [9.17, 15) is 4.79 Å². The van der Waals surface area contributed by atoms with E-state index in [0.29, 0.717) is 13.1 Å². The largest absolute Gasteiger partial charge is 0.352 e. The Morgan fingerprint density at radius 1 is 1.15 bits per heavy atom. The number of benzene rings is 2. The highest BCUT2D eigenvalue weighted by atomic mass is 16.2. The molecule has 1 aliphatic rings. The van der Waals surface area contributed by atoms with Crippen LogP contribution in [0.2, 0.25) is 0 Å². The minimum absolute atomic E-state index is 0.111. The summed E-state index contributed by atoms with van der Waals surface area (Å²) in [5.41, 5.74) is 6.59. The lowest BCUT2D eigenvalue weighted by atomic mass is 9.68. The van der Waals surface area contributed by atoms with Gasteiger partial charge in [-0.15, -0.1) is 0 Å². The molecule has 0 bridgehead atoms. The summed E-state index contributed by atoms with van der Waals surface area (Å²) in [6.45, 7) is 1.03. The number of amides is 1. The zero-order chi connectivity index (χ0) is 14.0. The van der Waals surface area contributed by atoms with Crippen molar-refractivity contribution in [2.75, 3.05) is 6.54 Å². The van der Waals surface area contributed by atoms with Gasteiger partial charge in [-0.3, -0.25) is 4.79 Å². The summed E-state index contributed by atoms with van der Waals surface area (Å²) in [7, 11) is 0. The van der Waals surface area contributed by atoms with Crippen molar-refractivity contribution in [3.8, 4) is 0 Å². The molecule has 1 amide bonds. The quantitative estimate of drug-likeness (QED) is 0.895. The Morgan fingerprint density at radius 3 is 2.55 bits per heavy atom. The van der Waals surface area contributed by atoms with Gasteiger partial charge in [-0.25, -0.2) is 0 Å². The highest BCUT2D eigenvalue weighted by Gasteiger charge is 2.42. The van der Waals surface area contributed by atoms with Crippen LogP contribution in [0.25, 0.3) is 10.8 Å². The van der Waals surface area contributed by atoms with Gasteiger partial charge in [-0.1, -0.05) is 42.8 Å². The lowest BCUT2D eigenvalue weighted by Crippen LogP contribution is -2.50. The maximum Gasteiger partial charge on any atom is 0.227 e. The smallest absolute Gasteiger partial charge is 0.227 e. The molecule has 20 heavy (non-hydrogen) atoms. The second kappa shape index (κ2) is 5.25. The molecular formula is C17H20N2O. The minimum atomic E-state index is -0.295. The fourth-order valence-electron chi connectivity index (χ4n) is 2.85. The van der Waals surface area contributed by atoms with E-state index in [-0.39, 0.29) is 11.3 Å². The van der Waals surface area contributed by atoms with Crippen molar-refractivity contribution in [2.45, 2.75) is 25.8 Å². The monoisotopic (exact) mass is 268 g/mol. The Kier molecular flexibility index (Phi) is 3.45. The summed E-state index contributed by atoms with van der Waals surface area (Å²) in [4.78, 5) is 12.2. The SMILES string of the molecule is NCC1(C(=O)NCc2ccc3ccccc3c2)CCC1. The Labute approximate surface area is 119 Å². The van der Waals surface area contributed by atoms with Gasteiger partial charge in [0, 0.05) is 13.1 Å². The van der Waals surface area contributed by atoms with E-state index in [1.807, 2.05) is 12.1 Å². The zero-order valence-corrected chi connectivity index (χ0v) is 11.6. The van der Waals surface area contributed by atoms with Crippen LogP contribution in [0, 0.1) is 5.41 Å². The van der Waals surface area contributed by atoms with Crippen LogP contribution in [0.15, 0.2) is 42.5 Å². The highest BCUT2D eigenvalue weighted by Crippen LogP contribution is 2.40. The van der Waals surface area contributed by atoms with Crippen LogP contribution in [-0.4, -0.2) is 12.5 Å². The minimum Gasteiger partial charge on any atom is -0.352 e. The van der Waals surface area contributed by atoms with Crippen LogP contribution in [0.3, 0.4) is 0 Å². The molecule has 1 fully saturated rings. The second-order valence-electron chi connectivity index (χ2n) is 5.70. The third kappa shape index (κ3) is 2.29. The van der Waals surface area contributed by atoms with Crippen LogP contribution in [0.5, 0.6) is 0 Å². The van der Waals surface area contributed by atoms with E-state index in [1.165, 1.54) is 10.8 Å². The van der Waals surface area contributed by atoms with Crippen molar-refractivity contribution in [3.63, 3.8) is 0 Å². The van der Waals surface area contributed by atoms with Crippen LogP contribution in [-0.2, 0) is 11.3 Å². The zero-order valence-electron chi connectivity index (χ0n) is 11.6. The van der Waals surface area contributed by atoms with Crippen molar-refractivity contribution >= 4 is 16.7 Å². The van der Waals surface area contributed by atoms with Crippen LogP contribution in [0.1, 0.15) is 24.8 Å². The van der Waals surface area contributed by atoms with Gasteiger partial charge in [0.1, 0.15) is 0 Å². The third-order valence-electron chi connectivity index (χ3n) is 4.45. The summed E-state index contributed by atoms with van der Waals surface area (Å²) in [6, 6.07) is 14.5. The molecule has 104 valence electrons. The van der Waals surface area contributed by atoms with E-state index in [2.05, 4.69) is 35.6 Å². The predicted molar refractivity (Wildman–Crippen MR) is 81.1 cm³/mol. The van der Waals surface area contributed by atoms with Crippen molar-refractivity contribution in [2.24, 2.45) is 11.1 Å². The molecule has 0 aliphatic heterocycles. The summed E-state index contributed by atoms with van der Waals surface area (Å²) in [5, 5.41) is 5.47. The van der Waals surface area contributed by atoms with E-state index in [1.54, 1.807) is 0 Å². The summed E-state index contributed by atoms with van der Waals surface area (Å²) >= 11 is 0. The van der Waals surface area contributed by atoms with Gasteiger partial charge in [0.15, 0.2) is 0 Å². The van der Waals surface area contributed by atoms with Gasteiger partial charge in [-0.05, 0) is 35.2 Å². The van der Waals surface area contributed by atoms with Crippen molar-refractivity contribution in [1.29, 1.82) is 0 Å². The molecule has 0 heterocycles. The molecule has 1 saturated carbocycles. The fourth-order valence-corrected chi connectivity index (χ4v) is 2.85. The van der Waals surface area contributed by atoms with Crippen LogP contribution >= 0.6 is 0 Å². The Bertz CT molecular complexity index is 626. The van der Waals surface area contributed by atoms with E-state index >= 15 is 0 Å². The number of fused-ring (bicyclic) bond motifs is 1. The molecule has 1 aliphatic carbocycles. The first-order valence-electron chi connectivity index (χ1n) is 7.20. The van der Waals surface area contributed by atoms with Crippen molar-refractivity contribution in [1.82, 2.24) is 5.32 Å². The normalized spacial score (nSPS) is 16.6. The maximum absolute atomic E-state index is 12.2. The van der Waals surface area contributed by atoms with E-state index < -0.39 is 0 Å². The van der Waals surface area contributed by atoms with Crippen LogP contribution < -0.4 is 11.1 Å². The molecule has 2 aromatic rings. The molecule has 0 spiro atoms. The number of carbonyl (C=O) groups is 1. The van der Waals surface area contributed by atoms with Crippen molar-refractivity contribution in [3.05, 3.63) is 48.0 Å². The molecule has 0 unspecified atom stereocenters. The number of carbonyl (C=O) groups excluding carboxylic acids is 1. The molecule has 2 aromatic carbocycles.